The van der Waals surface area contributed by atoms with E-state index in [2.05, 4.69) is 120 Å². The van der Waals surface area contributed by atoms with Crippen LogP contribution in [0.2, 0.25) is 0 Å². The zero-order chi connectivity index (χ0) is 41.9. The van der Waals surface area contributed by atoms with Crippen molar-refractivity contribution in [2.75, 3.05) is 11.5 Å². The number of hydrogen-bond acceptors (Lipinski definition) is 2. The fraction of sp³-hybridized carbons (Fsp3) is 0.579. The summed E-state index contributed by atoms with van der Waals surface area (Å²) in [4.78, 5) is 0. The molecule has 2 atom stereocenters. The molecule has 4 aromatic rings. The van der Waals surface area contributed by atoms with Crippen LogP contribution in [0.5, 0.6) is 0 Å². The third-order valence-electron chi connectivity index (χ3n) is 14.4. The second-order valence-corrected chi connectivity index (χ2v) is 18.9. The Bertz CT molecular complexity index is 1650. The highest BCUT2D eigenvalue weighted by molar-refractivity contribution is 5.51. The predicted octanol–water partition coefficient (Wildman–Crippen LogP) is 17.1. The van der Waals surface area contributed by atoms with Crippen LogP contribution in [0, 0.1) is 19.8 Å². The molecule has 0 saturated heterocycles. The number of unbranched alkanes of at least 4 members (excludes halogenated alkanes) is 14. The van der Waals surface area contributed by atoms with Gasteiger partial charge >= 0.3 is 0 Å². The zero-order valence-electron chi connectivity index (χ0n) is 38.4. The monoisotopic (exact) mass is 797 g/mol. The van der Waals surface area contributed by atoms with Crippen LogP contribution in [0.4, 0.5) is 11.4 Å². The van der Waals surface area contributed by atoms with Gasteiger partial charge in [-0.1, -0.05) is 197 Å². The molecule has 0 amide bonds. The van der Waals surface area contributed by atoms with Crippen molar-refractivity contribution in [3.63, 3.8) is 0 Å². The Hall–Kier alpha value is -3.52. The van der Waals surface area contributed by atoms with Gasteiger partial charge in [0.25, 0.3) is 0 Å². The molecule has 0 aromatic heterocycles. The normalized spacial score (nSPS) is 17.9. The molecule has 5 rings (SSSR count). The second-order valence-electron chi connectivity index (χ2n) is 18.9. The molecule has 322 valence electrons. The first kappa shape index (κ1) is 46.5. The number of benzene rings is 4. The van der Waals surface area contributed by atoms with Gasteiger partial charge < -0.3 is 11.5 Å². The SMILES string of the molecule is CCCCCCCCCCCC1CCC(c2ccc(C(CCCCCC)c3ccc(N)cc3C)cc2)(c2ccc(C(CCCCCC)c3ccc(N)cc3C)cc2)CC1. The number of hydrogen-bond donors (Lipinski definition) is 2. The fourth-order valence-electron chi connectivity index (χ4n) is 10.7. The molecule has 2 nitrogen and oxygen atoms in total. The highest BCUT2D eigenvalue weighted by atomic mass is 14.5. The van der Waals surface area contributed by atoms with E-state index in [-0.39, 0.29) is 5.41 Å². The minimum atomic E-state index is 0.0491. The molecule has 4 aromatic carbocycles. The van der Waals surface area contributed by atoms with Crippen LogP contribution in [0.1, 0.15) is 231 Å². The summed E-state index contributed by atoms with van der Waals surface area (Å²) in [5.74, 6) is 1.65. The highest BCUT2D eigenvalue weighted by Crippen LogP contribution is 2.49. The third-order valence-corrected chi connectivity index (χ3v) is 14.4. The number of nitrogens with two attached hydrogens (primary N) is 2. The predicted molar refractivity (Wildman–Crippen MR) is 260 cm³/mol. The average Bonchev–Trinajstić information content (AvgIpc) is 3.24. The number of aryl methyl sites for hydroxylation is 2. The molecular weight excluding hydrogens is 713 g/mol. The van der Waals surface area contributed by atoms with Crippen molar-refractivity contribution in [3.8, 4) is 0 Å². The van der Waals surface area contributed by atoms with Crippen molar-refractivity contribution in [2.24, 2.45) is 5.92 Å². The summed E-state index contributed by atoms with van der Waals surface area (Å²) in [5.41, 5.74) is 25.7. The topological polar surface area (TPSA) is 52.0 Å². The van der Waals surface area contributed by atoms with E-state index >= 15 is 0 Å². The molecule has 59 heavy (non-hydrogen) atoms. The van der Waals surface area contributed by atoms with E-state index in [9.17, 15) is 0 Å². The van der Waals surface area contributed by atoms with Gasteiger partial charge in [-0.25, -0.2) is 0 Å². The van der Waals surface area contributed by atoms with Gasteiger partial charge in [0.1, 0.15) is 0 Å². The molecule has 1 aliphatic carbocycles. The summed E-state index contributed by atoms with van der Waals surface area (Å²) in [6.07, 6.45) is 31.9. The Morgan fingerprint density at radius 1 is 0.475 bits per heavy atom. The van der Waals surface area contributed by atoms with E-state index < -0.39 is 0 Å². The summed E-state index contributed by atoms with van der Waals surface area (Å²) in [6.45, 7) is 11.4. The first-order chi connectivity index (χ1) is 28.8. The van der Waals surface area contributed by atoms with Crippen molar-refractivity contribution < 1.29 is 0 Å². The zero-order valence-corrected chi connectivity index (χ0v) is 38.4. The Balaban J connectivity index is 1.40. The average molecular weight is 797 g/mol. The van der Waals surface area contributed by atoms with Gasteiger partial charge in [-0.2, -0.15) is 0 Å². The maximum atomic E-state index is 6.25. The molecule has 0 heterocycles. The fourth-order valence-corrected chi connectivity index (χ4v) is 10.7. The molecule has 1 fully saturated rings. The van der Waals surface area contributed by atoms with E-state index in [1.54, 1.807) is 0 Å². The van der Waals surface area contributed by atoms with Gasteiger partial charge in [0, 0.05) is 28.6 Å². The Labute approximate surface area is 362 Å². The smallest absolute Gasteiger partial charge is 0.0316 e. The Kier molecular flexibility index (Phi) is 19.5. The van der Waals surface area contributed by atoms with Crippen LogP contribution in [-0.2, 0) is 5.41 Å². The van der Waals surface area contributed by atoms with Crippen LogP contribution in [-0.4, -0.2) is 0 Å². The van der Waals surface area contributed by atoms with Crippen molar-refractivity contribution in [1.29, 1.82) is 0 Å². The van der Waals surface area contributed by atoms with Crippen LogP contribution in [0.3, 0.4) is 0 Å². The number of nitrogen functional groups attached to an aromatic ring is 2. The standard InChI is InChI=1S/C57H84N2/c1-6-9-12-15-16-17-18-19-20-23-46-38-40-57(41-39-46,49-30-26-47(27-31-49)55(24-21-13-10-7-2)53-36-34-51(58)42-44(53)4)50-32-28-48(29-33-50)56(25-22-14-11-8-3)54-37-35-52(59)43-45(54)5/h26-37,42-43,46,55-56H,6-25,38-41,58-59H2,1-5H3. The Morgan fingerprint density at radius 3 is 1.24 bits per heavy atom. The van der Waals surface area contributed by atoms with E-state index in [4.69, 9.17) is 11.5 Å². The molecule has 1 aliphatic rings. The maximum Gasteiger partial charge on any atom is 0.0316 e. The van der Waals surface area contributed by atoms with Gasteiger partial charge in [-0.3, -0.25) is 0 Å². The molecule has 2 unspecified atom stereocenters. The van der Waals surface area contributed by atoms with Crippen molar-refractivity contribution >= 4 is 11.4 Å². The number of rotatable bonds is 26. The lowest BCUT2D eigenvalue weighted by Gasteiger charge is -2.42. The minimum Gasteiger partial charge on any atom is -0.399 e. The first-order valence-corrected chi connectivity index (χ1v) is 24.7. The molecule has 4 N–H and O–H groups in total. The van der Waals surface area contributed by atoms with Gasteiger partial charge in [0.15, 0.2) is 0 Å². The molecule has 0 bridgehead atoms. The summed E-state index contributed by atoms with van der Waals surface area (Å²) in [5, 5.41) is 0. The van der Waals surface area contributed by atoms with E-state index in [1.807, 2.05) is 0 Å². The maximum absolute atomic E-state index is 6.25. The molecule has 0 aliphatic heterocycles. The van der Waals surface area contributed by atoms with Crippen molar-refractivity contribution in [3.05, 3.63) is 129 Å². The van der Waals surface area contributed by atoms with Gasteiger partial charge in [0.05, 0.1) is 0 Å². The summed E-state index contributed by atoms with van der Waals surface area (Å²) in [6, 6.07) is 33.2. The minimum absolute atomic E-state index is 0.0491. The molecule has 2 heteroatoms. The summed E-state index contributed by atoms with van der Waals surface area (Å²) in [7, 11) is 0. The van der Waals surface area contributed by atoms with Gasteiger partial charge in [-0.15, -0.1) is 0 Å². The van der Waals surface area contributed by atoms with E-state index in [0.717, 1.165) is 17.3 Å². The summed E-state index contributed by atoms with van der Waals surface area (Å²) < 4.78 is 0. The Morgan fingerprint density at radius 2 is 0.847 bits per heavy atom. The van der Waals surface area contributed by atoms with Crippen LogP contribution in [0.25, 0.3) is 0 Å². The highest BCUT2D eigenvalue weighted by Gasteiger charge is 2.38. The van der Waals surface area contributed by atoms with Crippen molar-refractivity contribution in [2.45, 2.75) is 206 Å². The van der Waals surface area contributed by atoms with Gasteiger partial charge in [0.2, 0.25) is 0 Å². The molecular formula is C57H84N2. The third kappa shape index (κ3) is 13.5. The molecule has 1 saturated carbocycles. The summed E-state index contributed by atoms with van der Waals surface area (Å²) >= 11 is 0. The lowest BCUT2D eigenvalue weighted by atomic mass is 9.62. The molecule has 0 radical (unpaired) electrons. The quantitative estimate of drug-likeness (QED) is 0.0491. The van der Waals surface area contributed by atoms with Gasteiger partial charge in [-0.05, 0) is 127 Å². The van der Waals surface area contributed by atoms with Crippen LogP contribution < -0.4 is 11.5 Å². The van der Waals surface area contributed by atoms with Crippen LogP contribution in [0.15, 0.2) is 84.9 Å². The second kappa shape index (κ2) is 24.7. The lowest BCUT2D eigenvalue weighted by molar-refractivity contribution is 0.250. The molecule has 0 spiro atoms. The number of anilines is 2. The van der Waals surface area contributed by atoms with E-state index in [0.29, 0.717) is 11.8 Å². The largest absolute Gasteiger partial charge is 0.399 e. The lowest BCUT2D eigenvalue weighted by Crippen LogP contribution is -2.33. The first-order valence-electron chi connectivity index (χ1n) is 24.7. The van der Waals surface area contributed by atoms with Crippen LogP contribution >= 0.6 is 0 Å². The van der Waals surface area contributed by atoms with Crippen molar-refractivity contribution in [1.82, 2.24) is 0 Å². The van der Waals surface area contributed by atoms with E-state index in [1.165, 1.54) is 199 Å².